The first-order valence-electron chi connectivity index (χ1n) is 6.43. The first kappa shape index (κ1) is 12.2. The molecule has 0 aromatic heterocycles. The Labute approximate surface area is 115 Å². The van der Waals surface area contributed by atoms with Crippen LogP contribution in [0.2, 0.25) is 0 Å². The van der Waals surface area contributed by atoms with E-state index < -0.39 is 7.26 Å². The lowest BCUT2D eigenvalue weighted by atomic mass is 10.4. The smallest absolute Gasteiger partial charge is 0.0744 e. The molecule has 0 nitrogen and oxygen atoms in total. The molecule has 0 radical (unpaired) electrons. The quantitative estimate of drug-likeness (QED) is 0.582. The van der Waals surface area contributed by atoms with Gasteiger partial charge in [0.1, 0.15) is 23.2 Å². The second-order valence-corrected chi connectivity index (χ2v) is 8.26. The van der Waals surface area contributed by atoms with Gasteiger partial charge in [-0.1, -0.05) is 42.1 Å². The fourth-order valence-corrected chi connectivity index (χ4v) is 5.59. The summed E-state index contributed by atoms with van der Waals surface area (Å²) in [6, 6.07) is 21.6. The second kappa shape index (κ2) is 5.02. The molecule has 3 rings (SSSR count). The Kier molecular flexibility index (Phi) is 3.22. The normalized spacial score (nSPS) is 13.6. The third-order valence-electron chi connectivity index (χ3n) is 3.61. The monoisotopic (exact) mass is 263 g/mol. The first-order valence-corrected chi connectivity index (χ1v) is 8.67. The number of rotatable bonds is 3. The minimum Gasteiger partial charge on any atom is -0.0744 e. The van der Waals surface area contributed by atoms with E-state index in [1.165, 1.54) is 15.9 Å². The van der Waals surface area contributed by atoms with Gasteiger partial charge in [-0.15, -0.1) is 0 Å². The molecule has 2 aromatic carbocycles. The maximum absolute atomic E-state index is 3.42. The predicted molar refractivity (Wildman–Crippen MR) is 85.7 cm³/mol. The van der Waals surface area contributed by atoms with Crippen molar-refractivity contribution in [3.63, 3.8) is 0 Å². The lowest BCUT2D eigenvalue weighted by Gasteiger charge is -2.22. The largest absolute Gasteiger partial charge is 0.145 e. The molecule has 0 heterocycles. The van der Waals surface area contributed by atoms with Crippen molar-refractivity contribution < 1.29 is 0 Å². The molecule has 1 aliphatic rings. The van der Waals surface area contributed by atoms with Gasteiger partial charge in [-0.3, -0.25) is 0 Å². The molecule has 0 saturated heterocycles. The Hall–Kier alpha value is -1.87. The maximum Gasteiger partial charge on any atom is 0.145 e. The molecule has 0 bridgehead atoms. The molecular weight excluding hydrogens is 247 g/mol. The Balaban J connectivity index is 2.23. The van der Waals surface area contributed by atoms with Gasteiger partial charge in [-0.05, 0) is 42.5 Å². The van der Waals surface area contributed by atoms with Gasteiger partial charge in [-0.25, -0.2) is 0 Å². The Morgan fingerprint density at radius 3 is 1.74 bits per heavy atom. The van der Waals surface area contributed by atoms with E-state index in [9.17, 15) is 0 Å². The summed E-state index contributed by atoms with van der Waals surface area (Å²) in [5, 5.41) is 4.14. The lowest BCUT2D eigenvalue weighted by Crippen LogP contribution is -2.21. The zero-order valence-electron chi connectivity index (χ0n) is 11.0. The summed E-state index contributed by atoms with van der Waals surface area (Å²) in [6.45, 7) is 2.38. The van der Waals surface area contributed by atoms with Gasteiger partial charge in [0, 0.05) is 0 Å². The van der Waals surface area contributed by atoms with Gasteiger partial charge < -0.3 is 0 Å². The van der Waals surface area contributed by atoms with E-state index in [0.29, 0.717) is 0 Å². The third-order valence-corrected chi connectivity index (χ3v) is 7.51. The predicted octanol–water partition coefficient (Wildman–Crippen LogP) is 3.89. The molecule has 92 valence electrons. The van der Waals surface area contributed by atoms with Crippen molar-refractivity contribution in [2.45, 2.75) is 0 Å². The maximum atomic E-state index is 3.42. The summed E-state index contributed by atoms with van der Waals surface area (Å²) in [5.74, 6) is 0. The number of benzene rings is 2. The SMILES string of the molecule is C[P+](C1=C=CC=C1)(c1ccccc1)c1ccccc1. The lowest BCUT2D eigenvalue weighted by molar-refractivity contribution is 1.72. The van der Waals surface area contributed by atoms with Crippen LogP contribution in [0.25, 0.3) is 0 Å². The van der Waals surface area contributed by atoms with Gasteiger partial charge in [0.25, 0.3) is 0 Å². The highest BCUT2D eigenvalue weighted by molar-refractivity contribution is 7.92. The highest BCUT2D eigenvalue weighted by atomic mass is 31.2. The van der Waals surface area contributed by atoms with Crippen LogP contribution < -0.4 is 10.6 Å². The molecule has 0 N–H and O–H groups in total. The van der Waals surface area contributed by atoms with E-state index >= 15 is 0 Å². The second-order valence-electron chi connectivity index (χ2n) is 4.73. The molecular formula is C18H16P+. The van der Waals surface area contributed by atoms with Crippen LogP contribution in [0.3, 0.4) is 0 Å². The molecule has 0 unspecified atom stereocenters. The minimum atomic E-state index is -1.53. The van der Waals surface area contributed by atoms with Crippen LogP contribution in [0.5, 0.6) is 0 Å². The fraction of sp³-hybridized carbons (Fsp3) is 0.0556. The van der Waals surface area contributed by atoms with Crippen molar-refractivity contribution in [3.8, 4) is 0 Å². The Morgan fingerprint density at radius 2 is 1.32 bits per heavy atom. The Morgan fingerprint density at radius 1 is 0.789 bits per heavy atom. The van der Waals surface area contributed by atoms with Crippen LogP contribution in [0, 0.1) is 0 Å². The van der Waals surface area contributed by atoms with E-state index in [2.05, 4.69) is 85.2 Å². The summed E-state index contributed by atoms with van der Waals surface area (Å²) in [4.78, 5) is 0. The van der Waals surface area contributed by atoms with E-state index in [4.69, 9.17) is 0 Å². The molecule has 0 fully saturated rings. The minimum absolute atomic E-state index is 1.32. The van der Waals surface area contributed by atoms with Crippen molar-refractivity contribution in [1.29, 1.82) is 0 Å². The zero-order chi connectivity index (χ0) is 13.1. The molecule has 1 heteroatoms. The van der Waals surface area contributed by atoms with Gasteiger partial charge in [0.2, 0.25) is 0 Å². The van der Waals surface area contributed by atoms with Crippen LogP contribution in [0.1, 0.15) is 0 Å². The number of hydrogen-bond acceptors (Lipinski definition) is 0. The topological polar surface area (TPSA) is 0 Å². The Bertz CT molecular complexity index is 620. The average molecular weight is 263 g/mol. The van der Waals surface area contributed by atoms with Crippen molar-refractivity contribution in [1.82, 2.24) is 0 Å². The summed E-state index contributed by atoms with van der Waals surface area (Å²) in [6.07, 6.45) is 6.30. The standard InChI is InChI=1S/C18H16P/c1-19(18-14-8-9-15-18,16-10-4-2-5-11-16)17-12-6-3-7-13-17/h2-14H,1H3/q+1. The van der Waals surface area contributed by atoms with Gasteiger partial charge in [0.05, 0.1) is 6.66 Å². The van der Waals surface area contributed by atoms with Gasteiger partial charge in [0.15, 0.2) is 0 Å². The van der Waals surface area contributed by atoms with Crippen LogP contribution >= 0.6 is 7.26 Å². The zero-order valence-corrected chi connectivity index (χ0v) is 11.8. The number of hydrogen-bond donors (Lipinski definition) is 0. The van der Waals surface area contributed by atoms with Gasteiger partial charge in [-0.2, -0.15) is 0 Å². The van der Waals surface area contributed by atoms with Crippen molar-refractivity contribution in [2.75, 3.05) is 6.66 Å². The van der Waals surface area contributed by atoms with Crippen LogP contribution in [0.15, 0.2) is 89.9 Å². The fourth-order valence-electron chi connectivity index (χ4n) is 2.48. The van der Waals surface area contributed by atoms with E-state index in [1.54, 1.807) is 0 Å². The first-order chi connectivity index (χ1) is 9.32. The average Bonchev–Trinajstić information content (AvgIpc) is 3.03. The summed E-state index contributed by atoms with van der Waals surface area (Å²) in [5.41, 5.74) is 3.42. The van der Waals surface area contributed by atoms with Crippen molar-refractivity contribution >= 4 is 17.9 Å². The number of allylic oxidation sites excluding steroid dienone is 3. The molecule has 0 saturated carbocycles. The molecule has 0 amide bonds. The molecule has 1 aliphatic carbocycles. The molecule has 0 aliphatic heterocycles. The van der Waals surface area contributed by atoms with Crippen LogP contribution in [0.4, 0.5) is 0 Å². The summed E-state index contributed by atoms with van der Waals surface area (Å²) in [7, 11) is -1.53. The van der Waals surface area contributed by atoms with Crippen LogP contribution in [-0.2, 0) is 0 Å². The summed E-state index contributed by atoms with van der Waals surface area (Å²) < 4.78 is 0. The van der Waals surface area contributed by atoms with E-state index in [-0.39, 0.29) is 0 Å². The molecule has 19 heavy (non-hydrogen) atoms. The molecule has 2 aromatic rings. The highest BCUT2D eigenvalue weighted by Crippen LogP contribution is 2.60. The highest BCUT2D eigenvalue weighted by Gasteiger charge is 2.41. The van der Waals surface area contributed by atoms with E-state index in [0.717, 1.165) is 0 Å². The van der Waals surface area contributed by atoms with Crippen molar-refractivity contribution in [3.05, 3.63) is 89.9 Å². The third kappa shape index (κ3) is 2.10. The van der Waals surface area contributed by atoms with E-state index in [1.807, 2.05) is 6.08 Å². The van der Waals surface area contributed by atoms with Crippen LogP contribution in [-0.4, -0.2) is 6.66 Å². The van der Waals surface area contributed by atoms with Gasteiger partial charge >= 0.3 is 0 Å². The van der Waals surface area contributed by atoms with Crippen molar-refractivity contribution in [2.24, 2.45) is 0 Å². The molecule has 0 atom stereocenters. The summed E-state index contributed by atoms with van der Waals surface area (Å²) >= 11 is 0. The molecule has 0 spiro atoms.